The van der Waals surface area contributed by atoms with Gasteiger partial charge in [0.1, 0.15) is 18.2 Å². The van der Waals surface area contributed by atoms with E-state index in [-0.39, 0.29) is 37.6 Å². The van der Waals surface area contributed by atoms with Crippen molar-refractivity contribution < 1.29 is 33.2 Å². The minimum absolute atomic E-state index is 0.103. The smallest absolute Gasteiger partial charge is 0.447 e. The Morgan fingerprint density at radius 1 is 1.25 bits per heavy atom. The van der Waals surface area contributed by atoms with Crippen molar-refractivity contribution in [3.05, 3.63) is 47.5 Å². The average molecular weight is 558 g/mol. The first-order valence-electron chi connectivity index (χ1n) is 13.8. The molecule has 1 aromatic rings. The van der Waals surface area contributed by atoms with Crippen LogP contribution in [0.4, 0.5) is 13.6 Å². The molecule has 0 saturated carbocycles. The Balaban J connectivity index is 1.40. The number of aryl methyl sites for hydroxylation is 1. The highest BCUT2D eigenvalue weighted by Crippen LogP contribution is 2.47. The van der Waals surface area contributed by atoms with Gasteiger partial charge in [-0.2, -0.15) is 5.26 Å². The zero-order valence-corrected chi connectivity index (χ0v) is 23.0. The number of carbonyl (C=O) groups is 2. The normalized spacial score (nSPS) is 25.0. The first-order chi connectivity index (χ1) is 18.9. The predicted molar refractivity (Wildman–Crippen MR) is 144 cm³/mol. The molecule has 0 spiro atoms. The summed E-state index contributed by atoms with van der Waals surface area (Å²) in [5.74, 6) is -4.24. The number of rotatable bonds is 10. The lowest BCUT2D eigenvalue weighted by Gasteiger charge is -2.36. The van der Waals surface area contributed by atoms with Crippen LogP contribution in [0.2, 0.25) is 0 Å². The Hall–Kier alpha value is -3.01. The molecule has 0 aromatic heterocycles. The molecular formula is C28H37BF2N4O5. The molecule has 2 amide bonds. The molecule has 3 aliphatic rings. The SMILES string of the molecule is CC(C)(C=C(C#N)C(=O)N1C2CCC1(COC(=O)NC(CCc1ccccc1)B(O)O)CC2)N1CCC(F)(F)C1. The molecule has 3 aliphatic heterocycles. The fourth-order valence-electron chi connectivity index (χ4n) is 6.22. The summed E-state index contributed by atoms with van der Waals surface area (Å²) in [6.07, 6.45) is 3.77. The van der Waals surface area contributed by atoms with Crippen molar-refractivity contribution in [2.45, 2.75) is 87.8 Å². The molecule has 216 valence electrons. The van der Waals surface area contributed by atoms with Crippen molar-refractivity contribution in [1.29, 1.82) is 5.26 Å². The van der Waals surface area contributed by atoms with Gasteiger partial charge in [-0.25, -0.2) is 13.6 Å². The maximum absolute atomic E-state index is 13.8. The molecule has 0 radical (unpaired) electrons. The molecule has 3 N–H and O–H groups in total. The number of amides is 2. The van der Waals surface area contributed by atoms with Gasteiger partial charge in [-0.3, -0.25) is 9.69 Å². The van der Waals surface area contributed by atoms with E-state index in [1.165, 1.54) is 6.08 Å². The Morgan fingerprint density at radius 2 is 1.93 bits per heavy atom. The van der Waals surface area contributed by atoms with Crippen LogP contribution in [-0.2, 0) is 16.0 Å². The van der Waals surface area contributed by atoms with Gasteiger partial charge in [0.05, 0.1) is 18.0 Å². The average Bonchev–Trinajstić information content (AvgIpc) is 3.59. The molecule has 4 rings (SSSR count). The van der Waals surface area contributed by atoms with E-state index in [2.05, 4.69) is 5.32 Å². The quantitative estimate of drug-likeness (QED) is 0.229. The highest BCUT2D eigenvalue weighted by Gasteiger charge is 2.55. The van der Waals surface area contributed by atoms with Crippen molar-refractivity contribution in [1.82, 2.24) is 15.1 Å². The van der Waals surface area contributed by atoms with Crippen LogP contribution in [0, 0.1) is 11.3 Å². The van der Waals surface area contributed by atoms with Crippen molar-refractivity contribution in [3.63, 3.8) is 0 Å². The second kappa shape index (κ2) is 11.8. The van der Waals surface area contributed by atoms with E-state index in [4.69, 9.17) is 4.74 Å². The monoisotopic (exact) mass is 558 g/mol. The molecule has 40 heavy (non-hydrogen) atoms. The fourth-order valence-corrected chi connectivity index (χ4v) is 6.22. The molecule has 0 aliphatic carbocycles. The molecule has 2 bridgehead atoms. The Morgan fingerprint density at radius 3 is 2.50 bits per heavy atom. The number of nitrogens with zero attached hydrogens (tertiary/aromatic N) is 3. The van der Waals surface area contributed by atoms with Gasteiger partial charge >= 0.3 is 13.2 Å². The molecular weight excluding hydrogens is 521 g/mol. The van der Waals surface area contributed by atoms with Crippen LogP contribution in [0.1, 0.15) is 57.9 Å². The Bertz CT molecular complexity index is 1150. The standard InChI is InChI=1S/C28H37BF2N4O5/c1-26(2,34-15-14-28(30,31)18-34)16-21(17-32)24(36)35-22-10-12-27(35,13-11-22)19-40-25(37)33-23(29(38)39)9-8-20-6-4-3-5-7-20/h3-7,16,22-23,38-39H,8-15,18-19H2,1-2H3,(H,33,37). The van der Waals surface area contributed by atoms with E-state index in [9.17, 15) is 33.7 Å². The number of hydrogen-bond acceptors (Lipinski definition) is 7. The van der Waals surface area contributed by atoms with Crippen LogP contribution in [0.3, 0.4) is 0 Å². The summed E-state index contributed by atoms with van der Waals surface area (Å²) in [6, 6.07) is 11.3. The minimum Gasteiger partial charge on any atom is -0.447 e. The summed E-state index contributed by atoms with van der Waals surface area (Å²) < 4.78 is 33.2. The van der Waals surface area contributed by atoms with Crippen molar-refractivity contribution in [3.8, 4) is 6.07 Å². The summed E-state index contributed by atoms with van der Waals surface area (Å²) in [5, 5.41) is 31.9. The molecule has 3 heterocycles. The van der Waals surface area contributed by atoms with Crippen LogP contribution < -0.4 is 5.32 Å². The third-order valence-corrected chi connectivity index (χ3v) is 8.54. The summed E-state index contributed by atoms with van der Waals surface area (Å²) in [6.45, 7) is 3.05. The summed E-state index contributed by atoms with van der Waals surface area (Å²) in [5.41, 5.74) is -0.838. The number of alkyl carbamates (subject to hydrolysis) is 1. The zero-order valence-electron chi connectivity index (χ0n) is 23.0. The van der Waals surface area contributed by atoms with E-state index in [1.54, 1.807) is 23.6 Å². The summed E-state index contributed by atoms with van der Waals surface area (Å²) >= 11 is 0. The van der Waals surface area contributed by atoms with Crippen molar-refractivity contribution in [2.75, 3.05) is 19.7 Å². The maximum Gasteiger partial charge on any atom is 0.475 e. The van der Waals surface area contributed by atoms with Gasteiger partial charge in [-0.1, -0.05) is 30.3 Å². The van der Waals surface area contributed by atoms with E-state index in [0.29, 0.717) is 32.1 Å². The molecule has 3 fully saturated rings. The number of likely N-dealkylation sites (tertiary alicyclic amines) is 1. The largest absolute Gasteiger partial charge is 0.475 e. The first kappa shape index (κ1) is 30.0. The van der Waals surface area contributed by atoms with Gasteiger partial charge in [0.15, 0.2) is 0 Å². The number of hydrogen-bond donors (Lipinski definition) is 3. The lowest BCUT2D eigenvalue weighted by molar-refractivity contribution is -0.132. The summed E-state index contributed by atoms with van der Waals surface area (Å²) in [4.78, 5) is 29.5. The number of ether oxygens (including phenoxy) is 1. The van der Waals surface area contributed by atoms with E-state index in [1.807, 2.05) is 36.4 Å². The van der Waals surface area contributed by atoms with Gasteiger partial charge in [-0.15, -0.1) is 0 Å². The van der Waals surface area contributed by atoms with Gasteiger partial charge in [0.25, 0.3) is 11.8 Å². The molecule has 9 nitrogen and oxygen atoms in total. The minimum atomic E-state index is -2.80. The van der Waals surface area contributed by atoms with Crippen LogP contribution in [0.25, 0.3) is 0 Å². The van der Waals surface area contributed by atoms with Crippen LogP contribution in [0.15, 0.2) is 42.0 Å². The number of carbonyl (C=O) groups excluding carboxylic acids is 2. The van der Waals surface area contributed by atoms with Crippen molar-refractivity contribution in [2.24, 2.45) is 0 Å². The molecule has 12 heteroatoms. The van der Waals surface area contributed by atoms with Gasteiger partial charge in [0.2, 0.25) is 0 Å². The molecule has 1 unspecified atom stereocenters. The van der Waals surface area contributed by atoms with Crippen LogP contribution in [-0.4, -0.2) is 87.6 Å². The number of benzene rings is 1. The summed E-state index contributed by atoms with van der Waals surface area (Å²) in [7, 11) is -1.78. The van der Waals surface area contributed by atoms with Gasteiger partial charge in [-0.05, 0) is 64.0 Å². The highest BCUT2D eigenvalue weighted by atomic mass is 19.3. The van der Waals surface area contributed by atoms with Crippen molar-refractivity contribution >= 4 is 19.1 Å². The number of halogens is 2. The third-order valence-electron chi connectivity index (χ3n) is 8.54. The lowest BCUT2D eigenvalue weighted by atomic mass is 9.76. The number of alkyl halides is 2. The molecule has 3 saturated heterocycles. The molecule has 1 aromatic carbocycles. The zero-order chi connectivity index (χ0) is 29.1. The van der Waals surface area contributed by atoms with Gasteiger partial charge in [0, 0.05) is 24.5 Å². The van der Waals surface area contributed by atoms with E-state index >= 15 is 0 Å². The van der Waals surface area contributed by atoms with E-state index < -0.39 is 48.6 Å². The maximum atomic E-state index is 13.8. The Labute approximate surface area is 233 Å². The second-order valence-corrected chi connectivity index (χ2v) is 11.7. The molecule has 1 atom stereocenters. The Kier molecular flexibility index (Phi) is 8.88. The first-order valence-corrected chi connectivity index (χ1v) is 13.8. The highest BCUT2D eigenvalue weighted by molar-refractivity contribution is 6.43. The van der Waals surface area contributed by atoms with Crippen LogP contribution in [0.5, 0.6) is 0 Å². The fraction of sp³-hybridized carbons (Fsp3) is 0.607. The third kappa shape index (κ3) is 6.65. The lowest BCUT2D eigenvalue weighted by Crippen LogP contribution is -2.51. The van der Waals surface area contributed by atoms with Gasteiger partial charge < -0.3 is 25.0 Å². The van der Waals surface area contributed by atoms with Crippen LogP contribution >= 0.6 is 0 Å². The van der Waals surface area contributed by atoms with E-state index in [0.717, 1.165) is 5.56 Å². The number of nitrogens with one attached hydrogen (secondary N) is 1. The number of nitriles is 1. The topological polar surface area (TPSA) is 126 Å². The second-order valence-electron chi connectivity index (χ2n) is 11.7. The predicted octanol–water partition coefficient (Wildman–Crippen LogP) is 2.82. The number of fused-ring (bicyclic) bond motifs is 2.